The van der Waals surface area contributed by atoms with E-state index in [1.807, 2.05) is 0 Å². The van der Waals surface area contributed by atoms with E-state index in [0.717, 1.165) is 6.20 Å². The zero-order valence-electron chi connectivity index (χ0n) is 4.77. The molecule has 0 saturated carbocycles. The summed E-state index contributed by atoms with van der Waals surface area (Å²) in [5, 5.41) is 5.77. The highest BCUT2D eigenvalue weighted by Gasteiger charge is 2.33. The number of hydrogen-bond donors (Lipinski definition) is 1. The fourth-order valence-corrected chi connectivity index (χ4v) is 0.482. The molecule has 0 aromatic rings. The van der Waals surface area contributed by atoms with Crippen LogP contribution in [-0.2, 0) is 4.74 Å². The van der Waals surface area contributed by atoms with Gasteiger partial charge in [-0.3, -0.25) is 0 Å². The van der Waals surface area contributed by atoms with Crippen LogP contribution in [0, 0.1) is 0 Å². The lowest BCUT2D eigenvalue weighted by molar-refractivity contribution is -0.307. The molecule has 10 heavy (non-hydrogen) atoms. The Labute approximate surface area is 54.8 Å². The zero-order valence-corrected chi connectivity index (χ0v) is 4.77. The maximum absolute atomic E-state index is 11.4. The molecule has 1 aliphatic heterocycles. The van der Waals surface area contributed by atoms with Crippen LogP contribution in [-0.4, -0.2) is 13.0 Å². The SMILES string of the molecule is FC(F)(F)OC1=CNC[N]1. The summed E-state index contributed by atoms with van der Waals surface area (Å²) in [4.78, 5) is 0. The van der Waals surface area contributed by atoms with Gasteiger partial charge in [0, 0.05) is 0 Å². The van der Waals surface area contributed by atoms with Gasteiger partial charge in [0.25, 0.3) is 0 Å². The average molecular weight is 153 g/mol. The van der Waals surface area contributed by atoms with Crippen molar-refractivity contribution in [3.05, 3.63) is 12.1 Å². The van der Waals surface area contributed by atoms with E-state index in [-0.39, 0.29) is 6.67 Å². The predicted octanol–water partition coefficient (Wildman–Crippen LogP) is 0.487. The van der Waals surface area contributed by atoms with Crippen molar-refractivity contribution < 1.29 is 17.9 Å². The summed E-state index contributed by atoms with van der Waals surface area (Å²) in [5.41, 5.74) is 0. The number of rotatable bonds is 1. The van der Waals surface area contributed by atoms with Crippen LogP contribution >= 0.6 is 0 Å². The standard InChI is InChI=1S/C4H4F3N2O/c5-4(6,7)10-3-1-8-2-9-3/h1,8H,2H2. The third-order valence-electron chi connectivity index (χ3n) is 0.772. The quantitative estimate of drug-likeness (QED) is 0.594. The second-order valence-electron chi connectivity index (χ2n) is 1.55. The van der Waals surface area contributed by atoms with Crippen LogP contribution in [0.4, 0.5) is 13.2 Å². The van der Waals surface area contributed by atoms with Gasteiger partial charge in [-0.1, -0.05) is 0 Å². The summed E-state index contributed by atoms with van der Waals surface area (Å²) < 4.78 is 37.5. The van der Waals surface area contributed by atoms with E-state index < -0.39 is 12.2 Å². The van der Waals surface area contributed by atoms with E-state index in [1.165, 1.54) is 0 Å². The maximum atomic E-state index is 11.4. The molecule has 0 fully saturated rings. The summed E-state index contributed by atoms with van der Waals surface area (Å²) in [6.07, 6.45) is -3.57. The van der Waals surface area contributed by atoms with E-state index >= 15 is 0 Å². The van der Waals surface area contributed by atoms with Gasteiger partial charge in [-0.2, -0.15) is 0 Å². The second-order valence-corrected chi connectivity index (χ2v) is 1.55. The van der Waals surface area contributed by atoms with Crippen LogP contribution in [0.5, 0.6) is 0 Å². The van der Waals surface area contributed by atoms with E-state index in [4.69, 9.17) is 0 Å². The minimum absolute atomic E-state index is 0.144. The van der Waals surface area contributed by atoms with Gasteiger partial charge in [-0.15, -0.1) is 13.2 Å². The monoisotopic (exact) mass is 153 g/mol. The Morgan fingerprint density at radius 2 is 2.30 bits per heavy atom. The molecule has 0 amide bonds. The van der Waals surface area contributed by atoms with Crippen LogP contribution in [0.25, 0.3) is 0 Å². The molecule has 0 aliphatic carbocycles. The summed E-state index contributed by atoms with van der Waals surface area (Å²) >= 11 is 0. The van der Waals surface area contributed by atoms with Crippen molar-refractivity contribution >= 4 is 0 Å². The molecule has 1 aliphatic rings. The second kappa shape index (κ2) is 2.28. The van der Waals surface area contributed by atoms with Crippen molar-refractivity contribution in [2.75, 3.05) is 6.67 Å². The van der Waals surface area contributed by atoms with Crippen LogP contribution in [0.3, 0.4) is 0 Å². The van der Waals surface area contributed by atoms with Gasteiger partial charge in [0.05, 0.1) is 6.20 Å². The van der Waals surface area contributed by atoms with Crippen LogP contribution in [0.1, 0.15) is 0 Å². The molecular weight excluding hydrogens is 149 g/mol. The van der Waals surface area contributed by atoms with Gasteiger partial charge in [-0.05, 0) is 0 Å². The Morgan fingerprint density at radius 1 is 1.60 bits per heavy atom. The third kappa shape index (κ3) is 2.04. The number of halogens is 3. The number of alkyl halides is 3. The molecule has 0 saturated heterocycles. The lowest BCUT2D eigenvalue weighted by Crippen LogP contribution is -2.16. The topological polar surface area (TPSA) is 35.4 Å². The van der Waals surface area contributed by atoms with Gasteiger partial charge in [0.15, 0.2) is 0 Å². The molecule has 0 bridgehead atoms. The van der Waals surface area contributed by atoms with Gasteiger partial charge in [0.2, 0.25) is 5.88 Å². The molecule has 6 heteroatoms. The fraction of sp³-hybridized carbons (Fsp3) is 0.500. The number of ether oxygens (including phenoxy) is 1. The lowest BCUT2D eigenvalue weighted by Gasteiger charge is -2.06. The van der Waals surface area contributed by atoms with E-state index in [9.17, 15) is 13.2 Å². The molecule has 3 nitrogen and oxygen atoms in total. The van der Waals surface area contributed by atoms with Gasteiger partial charge >= 0.3 is 6.36 Å². The molecule has 0 aromatic heterocycles. The molecule has 0 aromatic carbocycles. The van der Waals surface area contributed by atoms with Crippen molar-refractivity contribution in [3.63, 3.8) is 0 Å². The van der Waals surface area contributed by atoms with Gasteiger partial charge in [0.1, 0.15) is 6.67 Å². The summed E-state index contributed by atoms with van der Waals surface area (Å²) in [7, 11) is 0. The maximum Gasteiger partial charge on any atom is 0.574 e. The molecule has 0 atom stereocenters. The Kier molecular flexibility index (Phi) is 1.60. The Morgan fingerprint density at radius 3 is 2.70 bits per heavy atom. The molecule has 1 rings (SSSR count). The van der Waals surface area contributed by atoms with E-state index in [2.05, 4.69) is 15.4 Å². The first-order chi connectivity index (χ1) is 4.58. The minimum atomic E-state index is -4.64. The van der Waals surface area contributed by atoms with Crippen LogP contribution < -0.4 is 10.6 Å². The van der Waals surface area contributed by atoms with Crippen LogP contribution in [0.2, 0.25) is 0 Å². The molecular formula is C4H4F3N2O. The first-order valence-electron chi connectivity index (χ1n) is 2.45. The normalized spacial score (nSPS) is 17.3. The third-order valence-corrected chi connectivity index (χ3v) is 0.772. The first kappa shape index (κ1) is 7.04. The zero-order chi connectivity index (χ0) is 7.61. The number of nitrogens with zero attached hydrogens (tertiary/aromatic N) is 1. The Bertz CT molecular complexity index is 153. The number of hydrogen-bond acceptors (Lipinski definition) is 2. The van der Waals surface area contributed by atoms with Gasteiger partial charge < -0.3 is 10.1 Å². The minimum Gasteiger partial charge on any atom is -0.387 e. The van der Waals surface area contributed by atoms with Crippen molar-refractivity contribution in [1.82, 2.24) is 10.6 Å². The Hall–Kier alpha value is -1.07. The molecule has 1 heterocycles. The number of nitrogens with one attached hydrogen (secondary N) is 1. The Balaban J connectivity index is 2.38. The average Bonchev–Trinajstić information content (AvgIpc) is 2.12. The highest BCUT2D eigenvalue weighted by molar-refractivity contribution is 4.94. The highest BCUT2D eigenvalue weighted by Crippen LogP contribution is 2.20. The summed E-state index contributed by atoms with van der Waals surface area (Å²) in [6, 6.07) is 0. The van der Waals surface area contributed by atoms with Gasteiger partial charge in [-0.25, -0.2) is 5.32 Å². The van der Waals surface area contributed by atoms with Crippen LogP contribution in [0.15, 0.2) is 12.1 Å². The molecule has 1 N–H and O–H groups in total. The van der Waals surface area contributed by atoms with Crippen molar-refractivity contribution in [1.29, 1.82) is 0 Å². The fourth-order valence-electron chi connectivity index (χ4n) is 0.482. The van der Waals surface area contributed by atoms with Crippen molar-refractivity contribution in [2.45, 2.75) is 6.36 Å². The molecule has 0 spiro atoms. The van der Waals surface area contributed by atoms with Crippen molar-refractivity contribution in [3.8, 4) is 0 Å². The van der Waals surface area contributed by atoms with E-state index in [1.54, 1.807) is 0 Å². The van der Waals surface area contributed by atoms with Crippen molar-refractivity contribution in [2.24, 2.45) is 0 Å². The smallest absolute Gasteiger partial charge is 0.387 e. The molecule has 57 valence electrons. The molecule has 1 radical (unpaired) electrons. The highest BCUT2D eigenvalue weighted by atomic mass is 19.4. The molecule has 0 unspecified atom stereocenters. The first-order valence-corrected chi connectivity index (χ1v) is 2.45. The van der Waals surface area contributed by atoms with E-state index in [0.29, 0.717) is 0 Å². The lowest BCUT2D eigenvalue weighted by atomic mass is 10.8. The summed E-state index contributed by atoms with van der Waals surface area (Å²) in [5.74, 6) is -0.424. The predicted molar refractivity (Wildman–Crippen MR) is 25.4 cm³/mol. The summed E-state index contributed by atoms with van der Waals surface area (Å²) in [6.45, 7) is 0.144. The largest absolute Gasteiger partial charge is 0.574 e.